The van der Waals surface area contributed by atoms with Gasteiger partial charge < -0.3 is 4.74 Å². The number of carbonyl (C=O) groups is 1. The molecular formula is C20H30O2. The number of allylic oxidation sites excluding steroid dienone is 4. The summed E-state index contributed by atoms with van der Waals surface area (Å²) in [5.41, 5.74) is 3.94. The SMILES string of the molecule is CC1=CCCC2(C)O[C@@H]2C[C@]2(C)CC(=O)C(=C(C)C)C2CC1. The highest BCUT2D eigenvalue weighted by Crippen LogP contribution is 2.56. The Morgan fingerprint density at radius 1 is 1.32 bits per heavy atom. The van der Waals surface area contributed by atoms with E-state index in [1.165, 1.54) is 11.1 Å². The first-order chi connectivity index (χ1) is 10.3. The van der Waals surface area contributed by atoms with Crippen molar-refractivity contribution in [2.24, 2.45) is 11.3 Å². The van der Waals surface area contributed by atoms with Crippen LogP contribution in [0, 0.1) is 11.3 Å². The van der Waals surface area contributed by atoms with Crippen LogP contribution in [0.4, 0.5) is 0 Å². The van der Waals surface area contributed by atoms with Gasteiger partial charge in [0.05, 0.1) is 11.7 Å². The highest BCUT2D eigenvalue weighted by Gasteiger charge is 2.57. The Kier molecular flexibility index (Phi) is 3.87. The lowest BCUT2D eigenvalue weighted by molar-refractivity contribution is -0.115. The van der Waals surface area contributed by atoms with E-state index in [0.29, 0.717) is 24.2 Å². The summed E-state index contributed by atoms with van der Waals surface area (Å²) < 4.78 is 6.06. The third kappa shape index (κ3) is 2.71. The van der Waals surface area contributed by atoms with Gasteiger partial charge in [-0.2, -0.15) is 0 Å². The molecule has 0 amide bonds. The van der Waals surface area contributed by atoms with Crippen molar-refractivity contribution in [1.82, 2.24) is 0 Å². The Morgan fingerprint density at radius 2 is 2.05 bits per heavy atom. The number of fused-ring (bicyclic) bond motifs is 2. The van der Waals surface area contributed by atoms with Crippen LogP contribution >= 0.6 is 0 Å². The zero-order valence-electron chi connectivity index (χ0n) is 14.8. The predicted octanol–water partition coefficient (Wildman–Crippen LogP) is 4.99. The summed E-state index contributed by atoms with van der Waals surface area (Å²) in [5.74, 6) is 0.786. The van der Waals surface area contributed by atoms with Crippen LogP contribution in [0.3, 0.4) is 0 Å². The van der Waals surface area contributed by atoms with Gasteiger partial charge in [0.15, 0.2) is 5.78 Å². The summed E-state index contributed by atoms with van der Waals surface area (Å²) in [5, 5.41) is 0. The molecule has 22 heavy (non-hydrogen) atoms. The lowest BCUT2D eigenvalue weighted by Gasteiger charge is -2.31. The fourth-order valence-corrected chi connectivity index (χ4v) is 4.73. The summed E-state index contributed by atoms with van der Waals surface area (Å²) in [7, 11) is 0. The summed E-state index contributed by atoms with van der Waals surface area (Å²) in [6.45, 7) is 11.0. The van der Waals surface area contributed by atoms with Gasteiger partial charge in [0.1, 0.15) is 0 Å². The van der Waals surface area contributed by atoms with E-state index in [2.05, 4.69) is 40.7 Å². The van der Waals surface area contributed by atoms with Gasteiger partial charge in [-0.25, -0.2) is 0 Å². The maximum atomic E-state index is 12.6. The first-order valence-corrected chi connectivity index (χ1v) is 8.79. The van der Waals surface area contributed by atoms with Crippen molar-refractivity contribution in [2.75, 3.05) is 0 Å². The molecule has 3 rings (SSSR count). The van der Waals surface area contributed by atoms with Gasteiger partial charge in [-0.1, -0.05) is 24.1 Å². The molecule has 2 heteroatoms. The first-order valence-electron chi connectivity index (χ1n) is 8.79. The molecule has 0 spiro atoms. The maximum absolute atomic E-state index is 12.6. The van der Waals surface area contributed by atoms with E-state index in [-0.39, 0.29) is 11.0 Å². The van der Waals surface area contributed by atoms with Crippen molar-refractivity contribution in [3.63, 3.8) is 0 Å². The highest BCUT2D eigenvalue weighted by atomic mass is 16.6. The van der Waals surface area contributed by atoms with Crippen molar-refractivity contribution in [3.8, 4) is 0 Å². The molecule has 0 aromatic rings. The maximum Gasteiger partial charge on any atom is 0.159 e. The molecule has 2 unspecified atom stereocenters. The monoisotopic (exact) mass is 302 g/mol. The van der Waals surface area contributed by atoms with E-state index >= 15 is 0 Å². The molecule has 2 nitrogen and oxygen atoms in total. The second kappa shape index (κ2) is 5.33. The number of rotatable bonds is 0. The minimum atomic E-state index is 0.0471. The van der Waals surface area contributed by atoms with E-state index < -0.39 is 0 Å². The number of hydrogen-bond acceptors (Lipinski definition) is 2. The number of ether oxygens (including phenoxy) is 1. The number of carbonyl (C=O) groups excluding carboxylic acids is 1. The summed E-state index contributed by atoms with van der Waals surface area (Å²) in [4.78, 5) is 12.6. The Morgan fingerprint density at radius 3 is 2.73 bits per heavy atom. The zero-order valence-corrected chi connectivity index (χ0v) is 14.8. The van der Waals surface area contributed by atoms with Gasteiger partial charge in [0, 0.05) is 6.42 Å². The lowest BCUT2D eigenvalue weighted by Crippen LogP contribution is -2.26. The number of Topliss-reactive ketones (excluding diaryl/α,β-unsaturated/α-hetero) is 1. The van der Waals surface area contributed by atoms with Crippen LogP contribution in [0.5, 0.6) is 0 Å². The van der Waals surface area contributed by atoms with Crippen molar-refractivity contribution in [3.05, 3.63) is 22.8 Å². The number of hydrogen-bond donors (Lipinski definition) is 0. The second-order valence-electron chi connectivity index (χ2n) is 8.47. The summed E-state index contributed by atoms with van der Waals surface area (Å²) >= 11 is 0. The van der Waals surface area contributed by atoms with Gasteiger partial charge in [-0.15, -0.1) is 0 Å². The van der Waals surface area contributed by atoms with E-state index in [9.17, 15) is 4.79 Å². The molecule has 4 atom stereocenters. The average molecular weight is 302 g/mol. The summed E-state index contributed by atoms with van der Waals surface area (Å²) in [6.07, 6.45) is 8.92. The van der Waals surface area contributed by atoms with Crippen LogP contribution in [-0.4, -0.2) is 17.5 Å². The van der Waals surface area contributed by atoms with Gasteiger partial charge in [0.2, 0.25) is 0 Å². The molecule has 1 saturated heterocycles. The molecule has 2 fully saturated rings. The second-order valence-corrected chi connectivity index (χ2v) is 8.47. The Labute approximate surface area is 135 Å². The zero-order chi connectivity index (χ0) is 16.1. The average Bonchev–Trinajstić information content (AvgIpc) is 2.92. The third-order valence-electron chi connectivity index (χ3n) is 6.24. The molecule has 0 N–H and O–H groups in total. The largest absolute Gasteiger partial charge is 0.366 e. The predicted molar refractivity (Wildman–Crippen MR) is 89.7 cm³/mol. The molecule has 1 aliphatic heterocycles. The Hall–Kier alpha value is -0.890. The van der Waals surface area contributed by atoms with Crippen LogP contribution in [0.15, 0.2) is 22.8 Å². The van der Waals surface area contributed by atoms with Gasteiger partial charge >= 0.3 is 0 Å². The molecule has 1 heterocycles. The van der Waals surface area contributed by atoms with Crippen LogP contribution < -0.4 is 0 Å². The molecule has 0 bridgehead atoms. The van der Waals surface area contributed by atoms with Crippen LogP contribution in [-0.2, 0) is 9.53 Å². The van der Waals surface area contributed by atoms with E-state index in [1.807, 2.05) is 0 Å². The fraction of sp³-hybridized carbons (Fsp3) is 0.750. The fourth-order valence-electron chi connectivity index (χ4n) is 4.73. The van der Waals surface area contributed by atoms with Gasteiger partial charge in [0.25, 0.3) is 0 Å². The molecular weight excluding hydrogens is 272 g/mol. The van der Waals surface area contributed by atoms with E-state index in [1.54, 1.807) is 0 Å². The van der Waals surface area contributed by atoms with E-state index in [0.717, 1.165) is 37.7 Å². The Bertz CT molecular complexity index is 552. The standard InChI is InChI=1S/C20H30O2/c1-13(2)18-15-9-8-14(3)7-6-10-20(5)17(22-20)12-19(15,4)11-16(18)21/h7,15,17H,6,8-12H2,1-5H3/t15?,17-,19+,20?/m1/s1. The smallest absolute Gasteiger partial charge is 0.159 e. The Balaban J connectivity index is 1.95. The summed E-state index contributed by atoms with van der Waals surface area (Å²) in [6, 6.07) is 0. The molecule has 0 aromatic heterocycles. The van der Waals surface area contributed by atoms with Crippen LogP contribution in [0.25, 0.3) is 0 Å². The minimum Gasteiger partial charge on any atom is -0.366 e. The molecule has 0 radical (unpaired) electrons. The third-order valence-corrected chi connectivity index (χ3v) is 6.24. The lowest BCUT2D eigenvalue weighted by atomic mass is 9.71. The van der Waals surface area contributed by atoms with Gasteiger partial charge in [-0.05, 0) is 76.7 Å². The molecule has 1 saturated carbocycles. The quantitative estimate of drug-likeness (QED) is 0.358. The molecule has 3 aliphatic rings. The normalized spacial score (nSPS) is 42.1. The van der Waals surface area contributed by atoms with Crippen molar-refractivity contribution in [1.29, 1.82) is 0 Å². The van der Waals surface area contributed by atoms with Crippen molar-refractivity contribution < 1.29 is 9.53 Å². The molecule has 2 aliphatic carbocycles. The first kappa shape index (κ1) is 16.0. The number of ketones is 1. The van der Waals surface area contributed by atoms with Crippen molar-refractivity contribution >= 4 is 5.78 Å². The van der Waals surface area contributed by atoms with E-state index in [4.69, 9.17) is 4.74 Å². The van der Waals surface area contributed by atoms with Crippen LogP contribution in [0.1, 0.15) is 73.1 Å². The molecule has 0 aromatic carbocycles. The van der Waals surface area contributed by atoms with Crippen molar-refractivity contribution in [2.45, 2.75) is 84.8 Å². The minimum absolute atomic E-state index is 0.0471. The topological polar surface area (TPSA) is 29.6 Å². The molecule has 122 valence electrons. The number of epoxide rings is 1. The highest BCUT2D eigenvalue weighted by molar-refractivity contribution is 5.99. The van der Waals surface area contributed by atoms with Gasteiger partial charge in [-0.3, -0.25) is 4.79 Å². The van der Waals surface area contributed by atoms with Crippen LogP contribution in [0.2, 0.25) is 0 Å².